The number of halogens is 2. The van der Waals surface area contributed by atoms with E-state index >= 15 is 0 Å². The molecule has 2 rings (SSSR count). The second-order valence-electron chi connectivity index (χ2n) is 4.03. The standard InChI is InChI=1S/C12H11Br2N3O2S/c13-9-5-11(14)12(17-7-9)16-6-8-1-3-10(4-2-8)20(15,18)19/h1-5,7H,6H2,(H,16,17)(H2,15,18,19). The molecule has 2 aromatic rings. The maximum Gasteiger partial charge on any atom is 0.238 e. The first-order chi connectivity index (χ1) is 9.36. The van der Waals surface area contributed by atoms with Crippen LogP contribution in [0.15, 0.2) is 50.4 Å². The highest BCUT2D eigenvalue weighted by Crippen LogP contribution is 2.23. The third kappa shape index (κ3) is 4.02. The molecule has 0 atom stereocenters. The van der Waals surface area contributed by atoms with Gasteiger partial charge in [-0.05, 0) is 55.6 Å². The fourth-order valence-electron chi connectivity index (χ4n) is 1.53. The second-order valence-corrected chi connectivity index (χ2v) is 7.36. The van der Waals surface area contributed by atoms with E-state index in [9.17, 15) is 8.42 Å². The van der Waals surface area contributed by atoms with Gasteiger partial charge < -0.3 is 5.32 Å². The number of hydrogen-bond acceptors (Lipinski definition) is 4. The zero-order chi connectivity index (χ0) is 14.8. The Morgan fingerprint density at radius 2 is 1.85 bits per heavy atom. The Labute approximate surface area is 133 Å². The summed E-state index contributed by atoms with van der Waals surface area (Å²) in [6.07, 6.45) is 1.69. The second kappa shape index (κ2) is 6.21. The van der Waals surface area contributed by atoms with Crippen LogP contribution in [0.3, 0.4) is 0 Å². The van der Waals surface area contributed by atoms with E-state index in [0.717, 1.165) is 14.5 Å². The highest BCUT2D eigenvalue weighted by Gasteiger charge is 2.07. The van der Waals surface area contributed by atoms with E-state index in [1.807, 2.05) is 6.07 Å². The lowest BCUT2D eigenvalue weighted by atomic mass is 10.2. The van der Waals surface area contributed by atoms with E-state index in [4.69, 9.17) is 5.14 Å². The quantitative estimate of drug-likeness (QED) is 0.796. The molecule has 1 aromatic heterocycles. The summed E-state index contributed by atoms with van der Waals surface area (Å²) in [5.74, 6) is 0.712. The molecule has 8 heteroatoms. The van der Waals surface area contributed by atoms with E-state index in [0.29, 0.717) is 12.4 Å². The summed E-state index contributed by atoms with van der Waals surface area (Å²) in [4.78, 5) is 4.33. The van der Waals surface area contributed by atoms with Gasteiger partial charge in [0.1, 0.15) is 5.82 Å². The molecule has 0 amide bonds. The average Bonchev–Trinajstić information content (AvgIpc) is 2.37. The van der Waals surface area contributed by atoms with Crippen LogP contribution in [0.25, 0.3) is 0 Å². The lowest BCUT2D eigenvalue weighted by Gasteiger charge is -2.08. The zero-order valence-corrected chi connectivity index (χ0v) is 14.2. The van der Waals surface area contributed by atoms with Crippen LogP contribution in [-0.4, -0.2) is 13.4 Å². The minimum Gasteiger partial charge on any atom is -0.365 e. The maximum absolute atomic E-state index is 11.1. The van der Waals surface area contributed by atoms with Crippen molar-refractivity contribution >= 4 is 47.7 Å². The van der Waals surface area contributed by atoms with Crippen molar-refractivity contribution in [3.8, 4) is 0 Å². The van der Waals surface area contributed by atoms with Crippen molar-refractivity contribution in [1.82, 2.24) is 4.98 Å². The summed E-state index contributed by atoms with van der Waals surface area (Å²) >= 11 is 6.74. The van der Waals surface area contributed by atoms with Gasteiger partial charge in [0.25, 0.3) is 0 Å². The van der Waals surface area contributed by atoms with E-state index in [2.05, 4.69) is 42.2 Å². The highest BCUT2D eigenvalue weighted by atomic mass is 79.9. The van der Waals surface area contributed by atoms with Gasteiger partial charge in [0.05, 0.1) is 9.37 Å². The lowest BCUT2D eigenvalue weighted by Crippen LogP contribution is -2.12. The van der Waals surface area contributed by atoms with Crippen LogP contribution >= 0.6 is 31.9 Å². The van der Waals surface area contributed by atoms with E-state index in [-0.39, 0.29) is 4.90 Å². The topological polar surface area (TPSA) is 85.1 Å². The van der Waals surface area contributed by atoms with Crippen molar-refractivity contribution in [1.29, 1.82) is 0 Å². The van der Waals surface area contributed by atoms with Gasteiger partial charge in [-0.1, -0.05) is 12.1 Å². The Kier molecular flexibility index (Phi) is 4.79. The lowest BCUT2D eigenvalue weighted by molar-refractivity contribution is 0.598. The van der Waals surface area contributed by atoms with E-state index < -0.39 is 10.0 Å². The third-order valence-corrected chi connectivity index (χ3v) is 4.49. The first-order valence-corrected chi connectivity index (χ1v) is 8.66. The van der Waals surface area contributed by atoms with Crippen molar-refractivity contribution in [2.24, 2.45) is 5.14 Å². The molecule has 0 unspecified atom stereocenters. The van der Waals surface area contributed by atoms with Crippen LogP contribution in [-0.2, 0) is 16.6 Å². The van der Waals surface area contributed by atoms with Gasteiger partial charge in [0.15, 0.2) is 0 Å². The summed E-state index contributed by atoms with van der Waals surface area (Å²) in [5.41, 5.74) is 0.925. The molecule has 0 fully saturated rings. The zero-order valence-electron chi connectivity index (χ0n) is 10.2. The van der Waals surface area contributed by atoms with Crippen LogP contribution in [0.5, 0.6) is 0 Å². The van der Waals surface area contributed by atoms with Gasteiger partial charge >= 0.3 is 0 Å². The number of pyridine rings is 1. The molecule has 20 heavy (non-hydrogen) atoms. The molecule has 0 aliphatic rings. The number of hydrogen-bond donors (Lipinski definition) is 2. The monoisotopic (exact) mass is 419 g/mol. The molecule has 1 aromatic carbocycles. The largest absolute Gasteiger partial charge is 0.365 e. The SMILES string of the molecule is NS(=O)(=O)c1ccc(CNc2ncc(Br)cc2Br)cc1. The van der Waals surface area contributed by atoms with Crippen LogP contribution in [0.4, 0.5) is 5.82 Å². The summed E-state index contributed by atoms with van der Waals surface area (Å²) in [7, 11) is -3.64. The van der Waals surface area contributed by atoms with Crippen LogP contribution in [0.1, 0.15) is 5.56 Å². The molecule has 0 aliphatic heterocycles. The van der Waals surface area contributed by atoms with Gasteiger partial charge in [-0.15, -0.1) is 0 Å². The number of primary sulfonamides is 1. The molecule has 0 radical (unpaired) electrons. The molecule has 0 spiro atoms. The minimum atomic E-state index is -3.64. The molecule has 1 heterocycles. The Bertz CT molecular complexity index is 718. The Morgan fingerprint density at radius 1 is 1.20 bits per heavy atom. The number of sulfonamides is 1. The van der Waals surface area contributed by atoms with Crippen molar-refractivity contribution in [3.63, 3.8) is 0 Å². The van der Waals surface area contributed by atoms with Crippen molar-refractivity contribution in [3.05, 3.63) is 51.0 Å². The Balaban J connectivity index is 2.08. The molecule has 0 saturated heterocycles. The molecule has 5 nitrogen and oxygen atoms in total. The van der Waals surface area contributed by atoms with Crippen LogP contribution in [0.2, 0.25) is 0 Å². The number of benzene rings is 1. The fraction of sp³-hybridized carbons (Fsp3) is 0.0833. The van der Waals surface area contributed by atoms with Crippen molar-refractivity contribution < 1.29 is 8.42 Å². The molecular weight excluding hydrogens is 410 g/mol. The third-order valence-electron chi connectivity index (χ3n) is 2.52. The molecule has 0 aliphatic carbocycles. The van der Waals surface area contributed by atoms with Gasteiger partial charge in [0, 0.05) is 17.2 Å². The first kappa shape index (κ1) is 15.4. The summed E-state index contributed by atoms with van der Waals surface area (Å²) < 4.78 is 24.0. The smallest absolute Gasteiger partial charge is 0.238 e. The number of aromatic nitrogens is 1. The summed E-state index contributed by atoms with van der Waals surface area (Å²) in [6, 6.07) is 8.27. The highest BCUT2D eigenvalue weighted by molar-refractivity contribution is 9.11. The minimum absolute atomic E-state index is 0.101. The number of nitrogens with one attached hydrogen (secondary N) is 1. The molecular formula is C12H11Br2N3O2S. The van der Waals surface area contributed by atoms with Gasteiger partial charge in [-0.2, -0.15) is 0 Å². The fourth-order valence-corrected chi connectivity index (χ4v) is 3.17. The predicted molar refractivity (Wildman–Crippen MR) is 84.8 cm³/mol. The van der Waals surface area contributed by atoms with Gasteiger partial charge in [0.2, 0.25) is 10.0 Å². The molecule has 106 valence electrons. The number of anilines is 1. The number of nitrogens with two attached hydrogens (primary N) is 1. The van der Waals surface area contributed by atoms with Crippen LogP contribution < -0.4 is 10.5 Å². The van der Waals surface area contributed by atoms with Crippen molar-refractivity contribution in [2.75, 3.05) is 5.32 Å². The van der Waals surface area contributed by atoms with Crippen molar-refractivity contribution in [2.45, 2.75) is 11.4 Å². The van der Waals surface area contributed by atoms with Gasteiger partial charge in [-0.25, -0.2) is 18.5 Å². The van der Waals surface area contributed by atoms with Crippen LogP contribution in [0, 0.1) is 0 Å². The first-order valence-electron chi connectivity index (χ1n) is 5.53. The number of nitrogens with zero attached hydrogens (tertiary/aromatic N) is 1. The van der Waals surface area contributed by atoms with E-state index in [1.165, 1.54) is 12.1 Å². The van der Waals surface area contributed by atoms with Gasteiger partial charge in [-0.3, -0.25) is 0 Å². The average molecular weight is 421 g/mol. The van der Waals surface area contributed by atoms with E-state index in [1.54, 1.807) is 18.3 Å². The predicted octanol–water partition coefficient (Wildman–Crippen LogP) is 2.87. The number of rotatable bonds is 4. The Hall–Kier alpha value is -0.960. The molecule has 3 N–H and O–H groups in total. The normalized spacial score (nSPS) is 11.3. The summed E-state index contributed by atoms with van der Waals surface area (Å²) in [5, 5.41) is 8.20. The molecule has 0 saturated carbocycles. The Morgan fingerprint density at radius 3 is 2.40 bits per heavy atom. The molecule has 0 bridgehead atoms. The summed E-state index contributed by atoms with van der Waals surface area (Å²) in [6.45, 7) is 0.526. The maximum atomic E-state index is 11.1.